The Morgan fingerprint density at radius 3 is 2.74 bits per heavy atom. The van der Waals surface area contributed by atoms with Gasteiger partial charge < -0.3 is 10.1 Å². The average molecular weight is 515 g/mol. The molecule has 6 rings (SSSR count). The quantitative estimate of drug-likeness (QED) is 0.382. The Kier molecular flexibility index (Phi) is 5.98. The Morgan fingerprint density at radius 1 is 1.16 bits per heavy atom. The van der Waals surface area contributed by atoms with Gasteiger partial charge in [0.05, 0.1) is 17.3 Å². The lowest BCUT2D eigenvalue weighted by atomic mass is 9.83. The molecule has 9 nitrogen and oxygen atoms in total. The molecule has 1 N–H and O–H groups in total. The van der Waals surface area contributed by atoms with E-state index in [-0.39, 0.29) is 41.5 Å². The van der Waals surface area contributed by atoms with Gasteiger partial charge in [0, 0.05) is 37.0 Å². The van der Waals surface area contributed by atoms with E-state index in [0.717, 1.165) is 12.8 Å². The molecule has 0 bridgehead atoms. The number of anilines is 1. The first-order valence-electron chi connectivity index (χ1n) is 12.7. The Hall–Kier alpha value is -4.05. The summed E-state index contributed by atoms with van der Waals surface area (Å²) in [5, 5.41) is 8.21. The zero-order valence-corrected chi connectivity index (χ0v) is 21.2. The number of aromatic nitrogens is 5. The summed E-state index contributed by atoms with van der Waals surface area (Å²) in [6.45, 7) is 4.96. The maximum atomic E-state index is 14.4. The third-order valence-electron chi connectivity index (χ3n) is 7.41. The number of fused-ring (bicyclic) bond motifs is 2. The van der Waals surface area contributed by atoms with E-state index in [1.165, 1.54) is 6.07 Å². The van der Waals surface area contributed by atoms with Crippen molar-refractivity contribution in [2.45, 2.75) is 45.1 Å². The van der Waals surface area contributed by atoms with Crippen molar-refractivity contribution in [3.8, 4) is 11.5 Å². The molecule has 0 unspecified atom stereocenters. The number of hydrogen-bond acceptors (Lipinski definition) is 7. The second kappa shape index (κ2) is 9.36. The van der Waals surface area contributed by atoms with Gasteiger partial charge in [0.2, 0.25) is 5.91 Å². The van der Waals surface area contributed by atoms with Gasteiger partial charge in [-0.15, -0.1) is 0 Å². The van der Waals surface area contributed by atoms with E-state index in [4.69, 9.17) is 14.8 Å². The van der Waals surface area contributed by atoms with Crippen molar-refractivity contribution in [3.63, 3.8) is 0 Å². The first-order chi connectivity index (χ1) is 18.3. The molecule has 5 heterocycles. The lowest BCUT2D eigenvalue weighted by Crippen LogP contribution is -2.29. The maximum Gasteiger partial charge on any atom is 0.235 e. The van der Waals surface area contributed by atoms with E-state index in [1.54, 1.807) is 49.0 Å². The number of hydrogen-bond donors (Lipinski definition) is 1. The predicted molar refractivity (Wildman–Crippen MR) is 138 cm³/mol. The van der Waals surface area contributed by atoms with Crippen molar-refractivity contribution in [2.24, 2.45) is 5.92 Å². The summed E-state index contributed by atoms with van der Waals surface area (Å²) in [5.41, 5.74) is 1.20. The molecule has 4 aromatic rings. The van der Waals surface area contributed by atoms with Crippen LogP contribution >= 0.6 is 0 Å². The van der Waals surface area contributed by atoms with Gasteiger partial charge in [0.25, 0.3) is 0 Å². The van der Waals surface area contributed by atoms with E-state index >= 15 is 0 Å². The van der Waals surface area contributed by atoms with E-state index in [1.807, 2.05) is 6.07 Å². The Bertz CT molecular complexity index is 1570. The minimum Gasteiger partial charge on any atom is -0.381 e. The van der Waals surface area contributed by atoms with Gasteiger partial charge in [-0.25, -0.2) is 24.0 Å². The minimum absolute atomic E-state index is 0.130. The predicted octanol–water partition coefficient (Wildman–Crippen LogP) is 4.30. The van der Waals surface area contributed by atoms with Crippen molar-refractivity contribution >= 4 is 28.5 Å². The standard InChI is InChI=1S/C28H27FN6O3/c1-28(2)21-23(20(36)14-16-9-12-38-13-10-16)31-25(32-24(21)33-27(28)37)22-18-7-5-11-30-26(18)35(34-22)15-17-6-3-4-8-19(17)29/h3-8,11,16H,9-10,12-15H2,1-2H3,(H,31,32,33,37). The fourth-order valence-electron chi connectivity index (χ4n) is 5.21. The normalized spacial score (nSPS) is 17.0. The molecular weight excluding hydrogens is 487 g/mol. The number of halogens is 1. The molecular formula is C28H27FN6O3. The second-order valence-corrected chi connectivity index (χ2v) is 10.4. The van der Waals surface area contributed by atoms with Crippen LogP contribution in [0.1, 0.15) is 54.7 Å². The molecule has 1 aromatic carbocycles. The zero-order chi connectivity index (χ0) is 26.4. The molecule has 0 atom stereocenters. The van der Waals surface area contributed by atoms with E-state index < -0.39 is 5.41 Å². The molecule has 194 valence electrons. The average Bonchev–Trinajstić information content (AvgIpc) is 3.39. The lowest BCUT2D eigenvalue weighted by Gasteiger charge is -2.22. The van der Waals surface area contributed by atoms with Gasteiger partial charge in [-0.1, -0.05) is 18.2 Å². The van der Waals surface area contributed by atoms with Gasteiger partial charge in [-0.05, 0) is 50.8 Å². The number of carbonyl (C=O) groups excluding carboxylic acids is 2. The number of benzene rings is 1. The molecule has 38 heavy (non-hydrogen) atoms. The van der Waals surface area contributed by atoms with Crippen LogP contribution in [0, 0.1) is 11.7 Å². The summed E-state index contributed by atoms with van der Waals surface area (Å²) in [7, 11) is 0. The third-order valence-corrected chi connectivity index (χ3v) is 7.41. The van der Waals surface area contributed by atoms with Crippen LogP contribution in [-0.2, 0) is 21.5 Å². The van der Waals surface area contributed by atoms with E-state index in [0.29, 0.717) is 53.3 Å². The van der Waals surface area contributed by atoms with Gasteiger partial charge >= 0.3 is 0 Å². The fraction of sp³-hybridized carbons (Fsp3) is 0.357. The van der Waals surface area contributed by atoms with Crippen LogP contribution in [0.3, 0.4) is 0 Å². The van der Waals surface area contributed by atoms with E-state index in [9.17, 15) is 14.0 Å². The van der Waals surface area contributed by atoms with Crippen LogP contribution < -0.4 is 5.32 Å². The number of rotatable bonds is 6. The fourth-order valence-corrected chi connectivity index (χ4v) is 5.21. The zero-order valence-electron chi connectivity index (χ0n) is 21.2. The van der Waals surface area contributed by atoms with Gasteiger partial charge in [0.15, 0.2) is 17.3 Å². The highest BCUT2D eigenvalue weighted by Gasteiger charge is 2.44. The number of amides is 1. The summed E-state index contributed by atoms with van der Waals surface area (Å²) in [6.07, 6.45) is 3.58. The largest absolute Gasteiger partial charge is 0.381 e. The van der Waals surface area contributed by atoms with Crippen LogP contribution in [0.25, 0.3) is 22.6 Å². The van der Waals surface area contributed by atoms with Gasteiger partial charge in [-0.3, -0.25) is 9.59 Å². The van der Waals surface area contributed by atoms with Crippen molar-refractivity contribution < 1.29 is 18.7 Å². The lowest BCUT2D eigenvalue weighted by molar-refractivity contribution is -0.119. The number of nitrogens with one attached hydrogen (secondary N) is 1. The highest BCUT2D eigenvalue weighted by Crippen LogP contribution is 2.40. The molecule has 0 saturated carbocycles. The first kappa shape index (κ1) is 24.3. The molecule has 0 spiro atoms. The monoisotopic (exact) mass is 514 g/mol. The smallest absolute Gasteiger partial charge is 0.235 e. The number of pyridine rings is 1. The Labute approximate surface area is 218 Å². The molecule has 2 aliphatic heterocycles. The van der Waals surface area contributed by atoms with Crippen molar-refractivity contribution in [3.05, 3.63) is 65.2 Å². The molecule has 2 aliphatic rings. The summed E-state index contributed by atoms with van der Waals surface area (Å²) < 4.78 is 21.5. The Balaban J connectivity index is 1.47. The van der Waals surface area contributed by atoms with Crippen LogP contribution in [0.5, 0.6) is 0 Å². The first-order valence-corrected chi connectivity index (χ1v) is 12.7. The Morgan fingerprint density at radius 2 is 1.95 bits per heavy atom. The summed E-state index contributed by atoms with van der Waals surface area (Å²) in [6, 6.07) is 10.1. The van der Waals surface area contributed by atoms with Crippen LogP contribution in [-0.4, -0.2) is 49.6 Å². The molecule has 3 aromatic heterocycles. The number of nitrogens with zero attached hydrogens (tertiary/aromatic N) is 5. The van der Waals surface area contributed by atoms with Crippen molar-refractivity contribution in [2.75, 3.05) is 18.5 Å². The van der Waals surface area contributed by atoms with E-state index in [2.05, 4.69) is 15.3 Å². The van der Waals surface area contributed by atoms with Gasteiger partial charge in [0.1, 0.15) is 23.0 Å². The highest BCUT2D eigenvalue weighted by atomic mass is 19.1. The van der Waals surface area contributed by atoms with Gasteiger partial charge in [-0.2, -0.15) is 5.10 Å². The number of Topliss-reactive ketones (excluding diaryl/α,β-unsaturated/α-hetero) is 1. The molecule has 10 heteroatoms. The molecule has 0 radical (unpaired) electrons. The summed E-state index contributed by atoms with van der Waals surface area (Å²) >= 11 is 0. The van der Waals surface area contributed by atoms with Crippen LogP contribution in [0.2, 0.25) is 0 Å². The van der Waals surface area contributed by atoms with Crippen LogP contribution in [0.4, 0.5) is 10.2 Å². The SMILES string of the molecule is CC1(C)C(=O)Nc2nc(-c3nn(Cc4ccccc4F)c4ncccc34)nc(C(=O)CC3CCOCC3)c21. The summed E-state index contributed by atoms with van der Waals surface area (Å²) in [4.78, 5) is 40.4. The highest BCUT2D eigenvalue weighted by molar-refractivity contribution is 6.09. The topological polar surface area (TPSA) is 112 Å². The van der Waals surface area contributed by atoms with Crippen molar-refractivity contribution in [1.82, 2.24) is 24.7 Å². The number of carbonyl (C=O) groups is 2. The molecule has 1 fully saturated rings. The number of ether oxygens (including phenoxy) is 1. The second-order valence-electron chi connectivity index (χ2n) is 10.4. The minimum atomic E-state index is -0.956. The molecule has 1 amide bonds. The van der Waals surface area contributed by atoms with Crippen molar-refractivity contribution in [1.29, 1.82) is 0 Å². The molecule has 0 aliphatic carbocycles. The maximum absolute atomic E-state index is 14.4. The molecule has 1 saturated heterocycles. The third kappa shape index (κ3) is 4.14. The van der Waals surface area contributed by atoms with Crippen LogP contribution in [0.15, 0.2) is 42.6 Å². The number of ketones is 1. The summed E-state index contributed by atoms with van der Waals surface area (Å²) in [5.74, 6) is 0.0190.